The number of ketones is 2. The number of aliphatic imine (C=N–C) groups is 2. The number of hydrogen-bond acceptors (Lipinski definition) is 21. The number of fused-ring (bicyclic) bond motifs is 2. The van der Waals surface area contributed by atoms with Crippen LogP contribution in [0.2, 0.25) is 0 Å². The summed E-state index contributed by atoms with van der Waals surface area (Å²) in [5.74, 6) is -8.94. The number of hydrogen-bond donors (Lipinski definition) is 15. The van der Waals surface area contributed by atoms with Gasteiger partial charge in [-0.25, -0.2) is 13.1 Å². The molecular formula is C86H119N19O17S. The van der Waals surface area contributed by atoms with Crippen molar-refractivity contribution < 1.29 is 80.5 Å². The van der Waals surface area contributed by atoms with Gasteiger partial charge in [0.05, 0.1) is 30.4 Å². The Morgan fingerprint density at radius 1 is 0.585 bits per heavy atom. The van der Waals surface area contributed by atoms with E-state index in [4.69, 9.17) is 37.9 Å². The number of phenolic OH excluding ortho intramolecular Hbond substituents is 1. The quantitative estimate of drug-likeness (QED) is 0.00569. The molecule has 3 aliphatic heterocycles. The molecule has 0 spiro atoms. The molecule has 0 bridgehead atoms. The second kappa shape index (κ2) is 47.3. The molecule has 2 fully saturated rings. The maximum absolute atomic E-state index is 14.3. The number of carbonyl (C=O) groups is 12. The van der Waals surface area contributed by atoms with Crippen molar-refractivity contribution in [3.05, 3.63) is 146 Å². The molecule has 3 aliphatic rings. The van der Waals surface area contributed by atoms with Crippen LogP contribution in [-0.4, -0.2) is 189 Å². The second-order valence-electron chi connectivity index (χ2n) is 32.6. The SMILES string of the molecule is Cc1c(C)c(S(=O)(=O)NC(N)=NCCC[C@@H]2NC(=O)[C@H](CCCCNC(=O)CCCCN=[N+]=[N-])NC(=O)[C@@H](Cc3ccccc3)NC(=O)[C@H](CC(=O)OC(C)(C)C)NC(=O)CNC2=O)c(C)c2c1OC(C)(C)C2.NCCC[C@@H]1NC(=O)[C@@H](Cc2ccc(O)cc2)NC(=O)CNC(=O)[C@H](Cc2ccc3ccccc3c2)CC(=O)[C@H](CCCN=C(N)N)CC1=O. The summed E-state index contributed by atoms with van der Waals surface area (Å²) in [6, 6.07) is 21.0. The molecule has 8 atom stereocenters. The van der Waals surface area contributed by atoms with Crippen molar-refractivity contribution in [3.63, 3.8) is 0 Å². The number of esters is 1. The van der Waals surface area contributed by atoms with Gasteiger partial charge in [-0.1, -0.05) is 90.0 Å². The van der Waals surface area contributed by atoms with Crippen molar-refractivity contribution in [2.75, 3.05) is 45.8 Å². The van der Waals surface area contributed by atoms with Crippen molar-refractivity contribution in [3.8, 4) is 11.5 Å². The number of aromatic hydroxyl groups is 1. The van der Waals surface area contributed by atoms with E-state index in [-0.39, 0.29) is 137 Å². The van der Waals surface area contributed by atoms with Gasteiger partial charge in [0.15, 0.2) is 11.7 Å². The van der Waals surface area contributed by atoms with Crippen LogP contribution in [0.15, 0.2) is 117 Å². The zero-order valence-electron chi connectivity index (χ0n) is 71.2. The van der Waals surface area contributed by atoms with Gasteiger partial charge in [-0.05, 0) is 201 Å². The molecule has 19 N–H and O–H groups in total. The number of ether oxygens (including phenoxy) is 2. The third kappa shape index (κ3) is 32.3. The molecule has 3 heterocycles. The Kier molecular flexibility index (Phi) is 37.6. The number of nitrogens with one attached hydrogen (secondary N) is 10. The van der Waals surface area contributed by atoms with Gasteiger partial charge in [0.2, 0.25) is 59.1 Å². The highest BCUT2D eigenvalue weighted by molar-refractivity contribution is 7.90. The first kappa shape index (κ1) is 97.9. The standard InChI is InChI=1S/C49H72N12O11S.C37H47N7O6/c1-29-30(2)42(31(3)33-27-49(7,8)72-41(29)33)73(69,70)60-47(50)53-23-16-20-34-43(65)54-28-39(63)56-37(26-40(64)71-48(4,5)6)46(68)59-36(25-32-17-10-9-11-18-32)45(67)58-35(44(66)57-34)19-12-14-22-52-38(62)21-13-15-24-55-61-51;38-15-3-8-30-33(47)20-27(7-4-16-41-37(39)40)32(46)21-28(18-24-9-12-25-5-1-2-6-26(25)17-24)35(49)42-22-34(48)43-31(36(50)44-30)19-23-10-13-29(45)14-11-23/h9-11,17-18,34-37H,12-16,19-28H2,1-8H3,(H,52,62)(H,54,65)(H,56,63)(H,57,66)(H,58,67)(H,59,68)(H3,50,53,60);1-2,5-6,9-14,17,27-28,30-31,45H,3-4,7-8,15-16,18-22,38H2,(H,42,49)(H,43,48)(H,44,50)(H4,39,40,41)/t34-,35-,36+,37-;27-,28-,30+,31-/m01/s1. The Bertz CT molecular complexity index is 4820. The fourth-order valence-corrected chi connectivity index (χ4v) is 16.1. The number of nitrogens with zero attached hydrogens (tertiary/aromatic N) is 5. The normalized spacial score (nSPS) is 20.3. The molecule has 666 valence electrons. The fourth-order valence-electron chi connectivity index (χ4n) is 14.5. The van der Waals surface area contributed by atoms with Crippen molar-refractivity contribution in [1.29, 1.82) is 0 Å². The summed E-state index contributed by atoms with van der Waals surface area (Å²) in [7, 11) is -4.23. The molecule has 0 unspecified atom stereocenters. The predicted molar refractivity (Wildman–Crippen MR) is 462 cm³/mol. The summed E-state index contributed by atoms with van der Waals surface area (Å²) >= 11 is 0. The number of guanidine groups is 2. The van der Waals surface area contributed by atoms with Gasteiger partial charge in [0, 0.05) is 87.0 Å². The number of unbranched alkanes of at least 4 members (excludes halogenated alkanes) is 2. The van der Waals surface area contributed by atoms with Crippen molar-refractivity contribution in [2.45, 2.75) is 230 Å². The molecule has 5 aromatic rings. The second-order valence-corrected chi connectivity index (χ2v) is 34.2. The lowest BCUT2D eigenvalue weighted by Gasteiger charge is -2.26. The highest BCUT2D eigenvalue weighted by Gasteiger charge is 2.40. The number of benzene rings is 5. The minimum atomic E-state index is -4.23. The molecular weight excluding hydrogens is 1600 g/mol. The molecule has 0 aromatic heterocycles. The number of sulfonamides is 1. The van der Waals surface area contributed by atoms with E-state index in [2.05, 4.69) is 72.6 Å². The first-order valence-electron chi connectivity index (χ1n) is 41.4. The van der Waals surface area contributed by atoms with E-state index in [0.717, 1.165) is 21.9 Å². The summed E-state index contributed by atoms with van der Waals surface area (Å²) in [4.78, 5) is 175. The average Bonchev–Trinajstić information content (AvgIpc) is 1.62. The zero-order valence-corrected chi connectivity index (χ0v) is 72.0. The van der Waals surface area contributed by atoms with E-state index in [0.29, 0.717) is 78.5 Å². The van der Waals surface area contributed by atoms with Crippen LogP contribution in [-0.2, 0) is 98.0 Å². The fraction of sp³-hybridized carbons (Fsp3) is 0.512. The molecule has 37 heteroatoms. The van der Waals surface area contributed by atoms with Crippen LogP contribution in [0.3, 0.4) is 0 Å². The number of phenols is 1. The van der Waals surface area contributed by atoms with Gasteiger partial charge in [-0.15, -0.1) is 0 Å². The lowest BCUT2D eigenvalue weighted by molar-refractivity contribution is -0.156. The number of amides is 9. The maximum atomic E-state index is 14.3. The zero-order chi connectivity index (χ0) is 90.1. The molecule has 8 rings (SSSR count). The van der Waals surface area contributed by atoms with Crippen LogP contribution < -0.4 is 80.2 Å². The monoisotopic (exact) mass is 1720 g/mol. The van der Waals surface area contributed by atoms with Crippen LogP contribution in [0.4, 0.5) is 0 Å². The van der Waals surface area contributed by atoms with Gasteiger partial charge in [-0.3, -0.25) is 67.5 Å². The van der Waals surface area contributed by atoms with Gasteiger partial charge in [0.25, 0.3) is 10.0 Å². The molecule has 36 nitrogen and oxygen atoms in total. The molecule has 0 saturated carbocycles. The van der Waals surface area contributed by atoms with Crippen molar-refractivity contribution in [2.24, 2.45) is 49.9 Å². The summed E-state index contributed by atoms with van der Waals surface area (Å²) in [5, 5.41) is 39.2. The van der Waals surface area contributed by atoms with Crippen LogP contribution >= 0.6 is 0 Å². The molecule has 123 heavy (non-hydrogen) atoms. The first-order chi connectivity index (χ1) is 58.3. The lowest BCUT2D eigenvalue weighted by Crippen LogP contribution is -2.58. The Balaban J connectivity index is 0.000000362. The van der Waals surface area contributed by atoms with Crippen molar-refractivity contribution in [1.82, 2.24) is 52.6 Å². The smallest absolute Gasteiger partial charge is 0.308 e. The van der Waals surface area contributed by atoms with E-state index >= 15 is 0 Å². The Morgan fingerprint density at radius 3 is 1.80 bits per heavy atom. The maximum Gasteiger partial charge on any atom is 0.308 e. The van der Waals surface area contributed by atoms with Gasteiger partial charge in [-0.2, -0.15) is 0 Å². The molecule has 5 aromatic carbocycles. The Hall–Kier alpha value is -12.2. The third-order valence-electron chi connectivity index (χ3n) is 20.9. The average molecular weight is 1720 g/mol. The first-order valence-corrected chi connectivity index (χ1v) is 42.9. The van der Waals surface area contributed by atoms with Crippen LogP contribution in [0.1, 0.15) is 170 Å². The highest BCUT2D eigenvalue weighted by Crippen LogP contribution is 2.44. The van der Waals surface area contributed by atoms with Crippen LogP contribution in [0.25, 0.3) is 21.2 Å². The van der Waals surface area contributed by atoms with Crippen LogP contribution in [0.5, 0.6) is 11.5 Å². The molecule has 2 saturated heterocycles. The predicted octanol–water partition coefficient (Wildman–Crippen LogP) is 3.88. The minimum Gasteiger partial charge on any atom is -0.508 e. The molecule has 9 amide bonds. The molecule has 0 radical (unpaired) electrons. The van der Waals surface area contributed by atoms with Crippen LogP contribution in [0, 0.1) is 32.6 Å². The topological polar surface area (TPSA) is 576 Å². The van der Waals surface area contributed by atoms with E-state index in [1.807, 2.05) is 56.3 Å². The van der Waals surface area contributed by atoms with Gasteiger partial charge in [0.1, 0.15) is 58.7 Å². The number of azide groups is 1. The third-order valence-corrected chi connectivity index (χ3v) is 22.5. The summed E-state index contributed by atoms with van der Waals surface area (Å²) < 4.78 is 41.5. The van der Waals surface area contributed by atoms with Crippen molar-refractivity contribution >= 4 is 103 Å². The number of carbonyl (C=O) groups excluding carboxylic acids is 12. The number of rotatable bonds is 31. The number of nitrogens with two attached hydrogens (primary N) is 4. The largest absolute Gasteiger partial charge is 0.508 e. The Morgan fingerprint density at radius 2 is 1.14 bits per heavy atom. The van der Waals surface area contributed by atoms with Gasteiger partial charge >= 0.3 is 5.97 Å². The summed E-state index contributed by atoms with van der Waals surface area (Å²) in [5.41, 5.74) is 34.5. The van der Waals surface area contributed by atoms with E-state index in [1.165, 1.54) is 12.1 Å². The van der Waals surface area contributed by atoms with Gasteiger partial charge < -0.3 is 85.4 Å². The summed E-state index contributed by atoms with van der Waals surface area (Å²) in [6.07, 6.45) is 3.09. The van der Waals surface area contributed by atoms with E-state index in [1.54, 1.807) is 84.0 Å². The highest BCUT2D eigenvalue weighted by atomic mass is 32.2. The lowest BCUT2D eigenvalue weighted by atomic mass is 9.83. The minimum absolute atomic E-state index is 0.0235. The Labute approximate surface area is 716 Å². The number of Topliss-reactive ketones (excluding diaryl/α,β-unsaturated/α-hetero) is 2. The van der Waals surface area contributed by atoms with E-state index in [9.17, 15) is 71.1 Å². The van der Waals surface area contributed by atoms with E-state index < -0.39 is 148 Å². The molecule has 0 aliphatic carbocycles. The summed E-state index contributed by atoms with van der Waals surface area (Å²) in [6.45, 7) is 13.8.